The summed E-state index contributed by atoms with van der Waals surface area (Å²) in [6, 6.07) is 0. The molecular formula is C16H33FN2O5. The van der Waals surface area contributed by atoms with Gasteiger partial charge in [-0.3, -0.25) is 4.79 Å². The molecule has 0 saturated carbocycles. The van der Waals surface area contributed by atoms with Crippen LogP contribution < -0.4 is 10.6 Å². The van der Waals surface area contributed by atoms with Gasteiger partial charge >= 0.3 is 0 Å². The lowest BCUT2D eigenvalue weighted by molar-refractivity contribution is -0.111. The topological polar surface area (TPSA) is 78.1 Å². The van der Waals surface area contributed by atoms with Gasteiger partial charge in [0.05, 0.1) is 58.4 Å². The van der Waals surface area contributed by atoms with E-state index in [4.69, 9.17) is 18.9 Å². The van der Waals surface area contributed by atoms with Crippen molar-refractivity contribution in [3.63, 3.8) is 0 Å². The van der Waals surface area contributed by atoms with Crippen LogP contribution in [0.15, 0.2) is 0 Å². The molecule has 0 radical (unpaired) electrons. The van der Waals surface area contributed by atoms with E-state index in [0.29, 0.717) is 46.1 Å². The first kappa shape index (κ1) is 23.2. The summed E-state index contributed by atoms with van der Waals surface area (Å²) in [4.78, 5) is 10.2. The van der Waals surface area contributed by atoms with Gasteiger partial charge in [-0.05, 0) is 20.4 Å². The predicted molar refractivity (Wildman–Crippen MR) is 90.0 cm³/mol. The van der Waals surface area contributed by atoms with Gasteiger partial charge in [-0.15, -0.1) is 0 Å². The molecule has 0 fully saturated rings. The summed E-state index contributed by atoms with van der Waals surface area (Å²) in [5, 5.41) is 5.47. The summed E-state index contributed by atoms with van der Waals surface area (Å²) in [5.41, 5.74) is -0.972. The Kier molecular flexibility index (Phi) is 15.2. The second kappa shape index (κ2) is 15.7. The lowest BCUT2D eigenvalue weighted by Gasteiger charge is -2.28. The van der Waals surface area contributed by atoms with Crippen LogP contribution in [-0.4, -0.2) is 84.1 Å². The Hall–Kier alpha value is -0.800. The minimum absolute atomic E-state index is 0.0677. The van der Waals surface area contributed by atoms with Crippen LogP contribution in [0.2, 0.25) is 0 Å². The van der Waals surface area contributed by atoms with Gasteiger partial charge in [0.1, 0.15) is 6.17 Å². The van der Waals surface area contributed by atoms with E-state index in [0.717, 1.165) is 13.1 Å². The number of rotatable bonds is 18. The van der Waals surface area contributed by atoms with E-state index in [2.05, 4.69) is 17.6 Å². The average Bonchev–Trinajstić information content (AvgIpc) is 2.56. The maximum Gasteiger partial charge on any atom is 0.207 e. The van der Waals surface area contributed by atoms with E-state index in [9.17, 15) is 9.18 Å². The van der Waals surface area contributed by atoms with Gasteiger partial charge in [0.15, 0.2) is 0 Å². The van der Waals surface area contributed by atoms with Crippen LogP contribution >= 0.6 is 0 Å². The second-order valence-corrected chi connectivity index (χ2v) is 5.64. The molecule has 0 aliphatic carbocycles. The third-order valence-electron chi connectivity index (χ3n) is 3.25. The Morgan fingerprint density at radius 2 is 1.54 bits per heavy atom. The Balaban J connectivity index is 3.36. The largest absolute Gasteiger partial charge is 0.378 e. The van der Waals surface area contributed by atoms with Crippen LogP contribution in [-0.2, 0) is 23.7 Å². The van der Waals surface area contributed by atoms with E-state index < -0.39 is 11.8 Å². The molecule has 7 nitrogen and oxygen atoms in total. The summed E-state index contributed by atoms with van der Waals surface area (Å²) in [7, 11) is 0. The molecule has 144 valence electrons. The van der Waals surface area contributed by atoms with Crippen molar-refractivity contribution >= 4 is 6.41 Å². The summed E-state index contributed by atoms with van der Waals surface area (Å²) >= 11 is 0. The number of carbonyl (C=O) groups is 1. The molecule has 1 amide bonds. The molecule has 0 aliphatic rings. The van der Waals surface area contributed by atoms with Gasteiger partial charge in [0.25, 0.3) is 0 Å². The molecule has 2 N–H and O–H groups in total. The molecule has 0 aromatic rings. The molecule has 0 heterocycles. The molecule has 0 bridgehead atoms. The SMILES string of the molecule is CCNCCOCCOCCOCCOC(C)(C)C(F)CNC=O. The molecule has 0 aromatic carbocycles. The Morgan fingerprint density at radius 1 is 1.00 bits per heavy atom. The first-order valence-electron chi connectivity index (χ1n) is 8.43. The molecule has 1 unspecified atom stereocenters. The molecule has 0 saturated heterocycles. The second-order valence-electron chi connectivity index (χ2n) is 5.64. The quantitative estimate of drug-likeness (QED) is 0.277. The van der Waals surface area contributed by atoms with Crippen LogP contribution in [0.25, 0.3) is 0 Å². The van der Waals surface area contributed by atoms with Crippen molar-refractivity contribution in [3.8, 4) is 0 Å². The molecule has 0 aliphatic heterocycles. The van der Waals surface area contributed by atoms with Crippen molar-refractivity contribution in [2.75, 3.05) is 65.9 Å². The van der Waals surface area contributed by atoms with Gasteiger partial charge < -0.3 is 29.6 Å². The molecule has 8 heteroatoms. The molecule has 1 atom stereocenters. The van der Waals surface area contributed by atoms with Crippen LogP contribution in [0.3, 0.4) is 0 Å². The van der Waals surface area contributed by atoms with E-state index in [1.807, 2.05) is 0 Å². The van der Waals surface area contributed by atoms with Crippen molar-refractivity contribution in [2.45, 2.75) is 32.5 Å². The predicted octanol–water partition coefficient (Wildman–Crippen LogP) is 0.525. The van der Waals surface area contributed by atoms with Gasteiger partial charge in [0.2, 0.25) is 6.41 Å². The first-order chi connectivity index (χ1) is 11.5. The number of hydrogen-bond donors (Lipinski definition) is 2. The maximum atomic E-state index is 13.8. The monoisotopic (exact) mass is 352 g/mol. The Morgan fingerprint density at radius 3 is 2.08 bits per heavy atom. The number of nitrogens with one attached hydrogen (secondary N) is 2. The van der Waals surface area contributed by atoms with Crippen LogP contribution in [0.1, 0.15) is 20.8 Å². The summed E-state index contributed by atoms with van der Waals surface area (Å²) in [6.45, 7) is 10.4. The van der Waals surface area contributed by atoms with E-state index in [-0.39, 0.29) is 13.2 Å². The number of ether oxygens (including phenoxy) is 4. The minimum atomic E-state index is -1.28. The zero-order valence-electron chi connectivity index (χ0n) is 15.1. The van der Waals surface area contributed by atoms with Crippen molar-refractivity contribution in [1.82, 2.24) is 10.6 Å². The summed E-state index contributed by atoms with van der Waals surface area (Å²) < 4.78 is 35.3. The number of amides is 1. The third-order valence-corrected chi connectivity index (χ3v) is 3.25. The molecule has 0 aromatic heterocycles. The van der Waals surface area contributed by atoms with Crippen LogP contribution in [0.4, 0.5) is 4.39 Å². The fraction of sp³-hybridized carbons (Fsp3) is 0.938. The van der Waals surface area contributed by atoms with E-state index in [1.165, 1.54) is 0 Å². The lowest BCUT2D eigenvalue weighted by atomic mass is 10.0. The maximum absolute atomic E-state index is 13.8. The van der Waals surface area contributed by atoms with Gasteiger partial charge in [0, 0.05) is 6.54 Å². The van der Waals surface area contributed by atoms with Crippen molar-refractivity contribution < 1.29 is 28.1 Å². The van der Waals surface area contributed by atoms with Gasteiger partial charge in [-0.2, -0.15) is 0 Å². The van der Waals surface area contributed by atoms with Gasteiger partial charge in [-0.25, -0.2) is 4.39 Å². The van der Waals surface area contributed by atoms with Crippen molar-refractivity contribution in [3.05, 3.63) is 0 Å². The first-order valence-corrected chi connectivity index (χ1v) is 8.43. The minimum Gasteiger partial charge on any atom is -0.378 e. The highest BCUT2D eigenvalue weighted by Crippen LogP contribution is 2.17. The Labute approximate surface area is 144 Å². The van der Waals surface area contributed by atoms with Gasteiger partial charge in [-0.1, -0.05) is 6.92 Å². The molecule has 0 rings (SSSR count). The smallest absolute Gasteiger partial charge is 0.207 e. The van der Waals surface area contributed by atoms with Crippen molar-refractivity contribution in [2.24, 2.45) is 0 Å². The number of carbonyl (C=O) groups excluding carboxylic acids is 1. The lowest BCUT2D eigenvalue weighted by Crippen LogP contribution is -2.43. The highest BCUT2D eigenvalue weighted by atomic mass is 19.1. The van der Waals surface area contributed by atoms with E-state index in [1.54, 1.807) is 13.8 Å². The fourth-order valence-corrected chi connectivity index (χ4v) is 1.71. The molecular weight excluding hydrogens is 319 g/mol. The summed E-state index contributed by atoms with van der Waals surface area (Å²) in [6.07, 6.45) is -0.808. The number of halogens is 1. The summed E-state index contributed by atoms with van der Waals surface area (Å²) in [5.74, 6) is 0. The third kappa shape index (κ3) is 13.6. The number of alkyl halides is 1. The van der Waals surface area contributed by atoms with Crippen LogP contribution in [0.5, 0.6) is 0 Å². The standard InChI is InChI=1S/C16H33FN2O5/c1-4-18-5-6-21-7-8-22-9-10-23-11-12-24-16(2,3)15(17)13-19-14-20/h14-15,18H,4-13H2,1-3H3,(H,19,20). The fourth-order valence-electron chi connectivity index (χ4n) is 1.71. The zero-order chi connectivity index (χ0) is 18.1. The highest BCUT2D eigenvalue weighted by molar-refractivity contribution is 5.45. The highest BCUT2D eigenvalue weighted by Gasteiger charge is 2.30. The Bertz CT molecular complexity index is 296. The van der Waals surface area contributed by atoms with Crippen molar-refractivity contribution in [1.29, 1.82) is 0 Å². The average molecular weight is 352 g/mol. The molecule has 0 spiro atoms. The number of likely N-dealkylation sites (N-methyl/N-ethyl adjacent to an activating group) is 1. The zero-order valence-corrected chi connectivity index (χ0v) is 15.1. The van der Waals surface area contributed by atoms with Crippen LogP contribution in [0, 0.1) is 0 Å². The number of hydrogen-bond acceptors (Lipinski definition) is 6. The van der Waals surface area contributed by atoms with E-state index >= 15 is 0 Å². The normalized spacial score (nSPS) is 13.0. The molecule has 24 heavy (non-hydrogen) atoms.